The predicted molar refractivity (Wildman–Crippen MR) is 125 cm³/mol. The van der Waals surface area contributed by atoms with Gasteiger partial charge in [0.2, 0.25) is 0 Å². The number of carboxylic acids is 1. The highest BCUT2D eigenvalue weighted by molar-refractivity contribution is 14.1. The number of carboxylic acid groups (broad SMARTS) is 1. The monoisotopic (exact) mass is 614 g/mol. The molecule has 2 rings (SSSR count). The van der Waals surface area contributed by atoms with Crippen molar-refractivity contribution in [2.45, 2.75) is 38.2 Å². The zero-order valence-corrected chi connectivity index (χ0v) is 20.5. The average molecular weight is 614 g/mol. The minimum atomic E-state index is -4.99. The lowest BCUT2D eigenvalue weighted by atomic mass is 9.78. The van der Waals surface area contributed by atoms with E-state index in [0.717, 1.165) is 12.2 Å². The van der Waals surface area contributed by atoms with E-state index in [1.807, 2.05) is 28.5 Å². The number of benzene rings is 1. The molecule has 1 aliphatic carbocycles. The van der Waals surface area contributed by atoms with Crippen LogP contribution in [-0.4, -0.2) is 42.7 Å². The van der Waals surface area contributed by atoms with E-state index in [1.165, 1.54) is 6.08 Å². The Morgan fingerprint density at radius 1 is 1.29 bits per heavy atom. The summed E-state index contributed by atoms with van der Waals surface area (Å²) in [5.74, 6) is 3.49. The highest BCUT2D eigenvalue weighted by Gasteiger charge is 2.55. The van der Waals surface area contributed by atoms with Crippen LogP contribution in [0.4, 0.5) is 26.3 Å². The van der Waals surface area contributed by atoms with Crippen LogP contribution in [0.2, 0.25) is 0 Å². The molecule has 0 heterocycles. The fourth-order valence-corrected chi connectivity index (χ4v) is 3.86. The molecule has 0 spiro atoms. The predicted octanol–water partition coefficient (Wildman–Crippen LogP) is 6.26. The molecule has 2 atom stereocenters. The summed E-state index contributed by atoms with van der Waals surface area (Å²) >= 11 is 1.99. The summed E-state index contributed by atoms with van der Waals surface area (Å²) < 4.78 is 90.9. The van der Waals surface area contributed by atoms with E-state index in [-0.39, 0.29) is 19.6 Å². The second-order valence-electron chi connectivity index (χ2n) is 7.43. The summed E-state index contributed by atoms with van der Waals surface area (Å²) in [5, 5.41) is 9.18. The normalized spacial score (nSPS) is 19.1. The molecule has 4 nitrogen and oxygen atoms in total. The van der Waals surface area contributed by atoms with Gasteiger partial charge in [0.1, 0.15) is 17.8 Å². The van der Waals surface area contributed by atoms with Crippen molar-refractivity contribution in [3.05, 3.63) is 63.3 Å². The number of alkyl halides is 6. The number of hydrogen-bond acceptors (Lipinski definition) is 3. The van der Waals surface area contributed by atoms with Crippen molar-refractivity contribution in [3.8, 4) is 17.6 Å². The van der Waals surface area contributed by atoms with Gasteiger partial charge in [-0.2, -0.15) is 26.3 Å². The molecule has 1 aromatic carbocycles. The van der Waals surface area contributed by atoms with Crippen molar-refractivity contribution in [2.75, 3.05) is 13.2 Å². The summed E-state index contributed by atoms with van der Waals surface area (Å²) in [6, 6.07) is 5.02. The van der Waals surface area contributed by atoms with Gasteiger partial charge in [-0.3, -0.25) is 0 Å². The van der Waals surface area contributed by atoms with Gasteiger partial charge in [-0.1, -0.05) is 36.1 Å². The maximum atomic E-state index is 13.6. The second-order valence-corrected chi connectivity index (χ2v) is 8.59. The molecule has 1 aromatic rings. The maximum Gasteiger partial charge on any atom is 0.412 e. The van der Waals surface area contributed by atoms with E-state index in [0.29, 0.717) is 27.0 Å². The third-order valence-corrected chi connectivity index (χ3v) is 5.75. The zero-order chi connectivity index (χ0) is 26.3. The van der Waals surface area contributed by atoms with Gasteiger partial charge >= 0.3 is 18.3 Å². The van der Waals surface area contributed by atoms with Gasteiger partial charge in [-0.05, 0) is 59.4 Å². The number of ether oxygens (including phenoxy) is 2. The highest BCUT2D eigenvalue weighted by atomic mass is 127. The van der Waals surface area contributed by atoms with Crippen molar-refractivity contribution in [3.63, 3.8) is 0 Å². The van der Waals surface area contributed by atoms with Crippen LogP contribution in [0, 0.1) is 20.8 Å². The Labute approximate surface area is 211 Å². The zero-order valence-electron chi connectivity index (χ0n) is 18.3. The smallest absolute Gasteiger partial charge is 0.412 e. The molecule has 1 unspecified atom stereocenters. The van der Waals surface area contributed by atoms with E-state index in [4.69, 9.17) is 9.47 Å². The lowest BCUT2D eigenvalue weighted by Crippen LogP contribution is -2.38. The molecular weight excluding hydrogens is 593 g/mol. The Hall–Kier alpha value is -2.46. The second kappa shape index (κ2) is 12.0. The van der Waals surface area contributed by atoms with Gasteiger partial charge in [-0.15, -0.1) is 0 Å². The number of halogens is 7. The third-order valence-electron chi connectivity index (χ3n) is 4.91. The van der Waals surface area contributed by atoms with E-state index < -0.39 is 41.8 Å². The first kappa shape index (κ1) is 28.8. The lowest BCUT2D eigenvalue weighted by Gasteiger charge is -2.31. The van der Waals surface area contributed by atoms with Crippen LogP contribution in [0.3, 0.4) is 0 Å². The van der Waals surface area contributed by atoms with Gasteiger partial charge in [0.15, 0.2) is 6.10 Å². The van der Waals surface area contributed by atoms with Crippen LogP contribution >= 0.6 is 22.6 Å². The van der Waals surface area contributed by atoms with Crippen molar-refractivity contribution in [1.82, 2.24) is 0 Å². The Morgan fingerprint density at radius 2 is 2.00 bits per heavy atom. The molecule has 0 aliphatic heterocycles. The van der Waals surface area contributed by atoms with Crippen molar-refractivity contribution < 1.29 is 45.7 Å². The number of allylic oxidation sites excluding steroid dienone is 5. The van der Waals surface area contributed by atoms with Gasteiger partial charge in [0.05, 0.1) is 3.57 Å². The fraction of sp³-hybridized carbons (Fsp3) is 0.375. The van der Waals surface area contributed by atoms with Crippen LogP contribution in [0.15, 0.2) is 54.2 Å². The lowest BCUT2D eigenvalue weighted by molar-refractivity contribution is -0.190. The van der Waals surface area contributed by atoms with Gasteiger partial charge in [-0.25, -0.2) is 4.79 Å². The van der Waals surface area contributed by atoms with Crippen LogP contribution in [-0.2, 0) is 16.0 Å². The Morgan fingerprint density at radius 3 is 2.57 bits per heavy atom. The number of rotatable bonds is 8. The Kier molecular flexibility index (Phi) is 9.85. The molecule has 0 amide bonds. The topological polar surface area (TPSA) is 55.8 Å². The SMILES string of the molecule is CCO[C@@H](Cc1ccc(OC/C=C/C#CC2(C(F)(F)F)C=CC=C(C(F)(F)F)C2)c(I)c1)C(=O)O. The number of hydrogen-bond donors (Lipinski definition) is 1. The molecule has 190 valence electrons. The van der Waals surface area contributed by atoms with E-state index >= 15 is 0 Å². The van der Waals surface area contributed by atoms with Crippen LogP contribution in [0.5, 0.6) is 5.75 Å². The summed E-state index contributed by atoms with van der Waals surface area (Å²) in [6.07, 6.45) is -7.62. The van der Waals surface area contributed by atoms with Crippen molar-refractivity contribution >= 4 is 28.6 Å². The molecule has 0 radical (unpaired) electrons. The van der Waals surface area contributed by atoms with Gasteiger partial charge in [0.25, 0.3) is 0 Å². The number of carbonyl (C=O) groups is 1. The summed E-state index contributed by atoms with van der Waals surface area (Å²) in [7, 11) is 0. The summed E-state index contributed by atoms with van der Waals surface area (Å²) in [6.45, 7) is 1.90. The largest absolute Gasteiger partial charge is 0.488 e. The minimum absolute atomic E-state index is 0.0523. The Bertz CT molecular complexity index is 1060. The summed E-state index contributed by atoms with van der Waals surface area (Å²) in [5.41, 5.74) is -3.51. The molecule has 0 aromatic heterocycles. The molecule has 1 aliphatic rings. The van der Waals surface area contributed by atoms with Crippen LogP contribution in [0.25, 0.3) is 0 Å². The van der Waals surface area contributed by atoms with Crippen molar-refractivity contribution in [1.29, 1.82) is 0 Å². The first-order valence-electron chi connectivity index (χ1n) is 10.2. The molecular formula is C24H21F6IO4. The molecule has 0 saturated carbocycles. The molecule has 11 heteroatoms. The quantitative estimate of drug-likeness (QED) is 0.214. The summed E-state index contributed by atoms with van der Waals surface area (Å²) in [4.78, 5) is 11.2. The maximum absolute atomic E-state index is 13.6. The third kappa shape index (κ3) is 8.03. The standard InChI is InChI=1S/C24H21F6IO4/c1-2-34-20(21(32)33)14-16-8-9-19(18(31)13-16)35-12-5-3-4-10-22(24(28,29)30)11-6-7-17(15-22)23(25,26)27/h3,5-9,11,13,20H,2,12,14-15H2,1H3,(H,32,33)/b5-3+/t20-,22?/m0/s1. The van der Waals surface area contributed by atoms with Crippen LogP contribution in [0.1, 0.15) is 18.9 Å². The molecule has 0 fully saturated rings. The number of aliphatic carboxylic acids is 1. The highest BCUT2D eigenvalue weighted by Crippen LogP contribution is 2.48. The van der Waals surface area contributed by atoms with Crippen molar-refractivity contribution in [2.24, 2.45) is 5.41 Å². The average Bonchev–Trinajstić information content (AvgIpc) is 2.75. The molecule has 0 saturated heterocycles. The molecule has 1 N–H and O–H groups in total. The van der Waals surface area contributed by atoms with Crippen LogP contribution < -0.4 is 4.74 Å². The minimum Gasteiger partial charge on any atom is -0.488 e. The molecule has 35 heavy (non-hydrogen) atoms. The first-order chi connectivity index (χ1) is 16.3. The van der Waals surface area contributed by atoms with E-state index in [1.54, 1.807) is 25.1 Å². The molecule has 0 bridgehead atoms. The fourth-order valence-electron chi connectivity index (χ4n) is 3.13. The van der Waals surface area contributed by atoms with Gasteiger partial charge in [0, 0.05) is 25.0 Å². The van der Waals surface area contributed by atoms with E-state index in [2.05, 4.69) is 5.92 Å². The first-order valence-corrected chi connectivity index (χ1v) is 11.3. The van der Waals surface area contributed by atoms with Gasteiger partial charge < -0.3 is 14.6 Å². The van der Waals surface area contributed by atoms with E-state index in [9.17, 15) is 36.2 Å². The Balaban J connectivity index is 2.03.